The van der Waals surface area contributed by atoms with Crippen molar-refractivity contribution in [3.05, 3.63) is 12.2 Å². The van der Waals surface area contributed by atoms with Gasteiger partial charge in [-0.1, -0.05) is 39.8 Å². The number of rotatable bonds is 7. The zero-order chi connectivity index (χ0) is 11.2. The average molecular weight is 198 g/mol. The Labute approximate surface area is 89.2 Å². The topological polar surface area (TPSA) is 29.3 Å². The fourth-order valence-electron chi connectivity index (χ4n) is 1.38. The molecule has 0 unspecified atom stereocenters. The molecule has 0 saturated heterocycles. The molecule has 2 nitrogen and oxygen atoms in total. The van der Waals surface area contributed by atoms with Crippen molar-refractivity contribution in [3.8, 4) is 0 Å². The minimum atomic E-state index is 0.212. The lowest BCUT2D eigenvalue weighted by Gasteiger charge is -2.31. The predicted molar refractivity (Wildman–Crippen MR) is 64.4 cm³/mol. The molecule has 0 amide bonds. The number of hydrogen-bond acceptors (Lipinski definition) is 2. The van der Waals surface area contributed by atoms with Crippen LogP contribution >= 0.6 is 0 Å². The fourth-order valence-corrected chi connectivity index (χ4v) is 1.38. The molecule has 84 valence electrons. The van der Waals surface area contributed by atoms with E-state index in [1.807, 2.05) is 0 Å². The highest BCUT2D eigenvalue weighted by Crippen LogP contribution is 2.15. The maximum Gasteiger partial charge on any atom is 0.0190 e. The Balaban J connectivity index is 4.09. The Morgan fingerprint density at radius 1 is 1.36 bits per heavy atom. The van der Waals surface area contributed by atoms with Crippen LogP contribution in [0.2, 0.25) is 0 Å². The van der Waals surface area contributed by atoms with Gasteiger partial charge < -0.3 is 5.73 Å². The lowest BCUT2D eigenvalue weighted by atomic mass is 9.93. The molecule has 0 aromatic heterocycles. The van der Waals surface area contributed by atoms with Crippen LogP contribution in [0.4, 0.5) is 0 Å². The van der Waals surface area contributed by atoms with E-state index in [4.69, 9.17) is 5.73 Å². The summed E-state index contributed by atoms with van der Waals surface area (Å²) in [5.74, 6) is 0. The van der Waals surface area contributed by atoms with Gasteiger partial charge in [0, 0.05) is 13.1 Å². The van der Waals surface area contributed by atoms with Crippen molar-refractivity contribution in [2.24, 2.45) is 11.1 Å². The highest BCUT2D eigenvalue weighted by molar-refractivity contribution is 4.96. The van der Waals surface area contributed by atoms with Gasteiger partial charge in [0.05, 0.1) is 0 Å². The molecule has 0 aliphatic rings. The van der Waals surface area contributed by atoms with Gasteiger partial charge in [0.15, 0.2) is 0 Å². The van der Waals surface area contributed by atoms with Crippen molar-refractivity contribution in [2.75, 3.05) is 26.2 Å². The molecule has 0 bridgehead atoms. The summed E-state index contributed by atoms with van der Waals surface area (Å²) in [4.78, 5) is 2.42. The second kappa shape index (κ2) is 6.20. The Hall–Kier alpha value is -0.340. The third kappa shape index (κ3) is 5.40. The molecule has 0 aromatic carbocycles. The van der Waals surface area contributed by atoms with Gasteiger partial charge in [-0.2, -0.15) is 0 Å². The van der Waals surface area contributed by atoms with Crippen molar-refractivity contribution in [2.45, 2.75) is 34.1 Å². The number of nitrogens with two attached hydrogens (primary N) is 1. The molecular formula is C12H26N2. The smallest absolute Gasteiger partial charge is 0.0190 e. The van der Waals surface area contributed by atoms with Crippen LogP contribution in [-0.2, 0) is 0 Å². The summed E-state index contributed by atoms with van der Waals surface area (Å²) in [6, 6.07) is 0. The molecule has 2 N–H and O–H groups in total. The van der Waals surface area contributed by atoms with E-state index in [1.165, 1.54) is 5.57 Å². The molecule has 0 heterocycles. The molecule has 0 aliphatic heterocycles. The molecule has 0 fully saturated rings. The first-order valence-electron chi connectivity index (χ1n) is 5.54. The van der Waals surface area contributed by atoms with Gasteiger partial charge in [-0.25, -0.2) is 0 Å². The summed E-state index contributed by atoms with van der Waals surface area (Å²) in [5.41, 5.74) is 7.24. The summed E-state index contributed by atoms with van der Waals surface area (Å²) < 4.78 is 0. The second-order valence-corrected chi connectivity index (χ2v) is 4.78. The van der Waals surface area contributed by atoms with Crippen LogP contribution in [0.5, 0.6) is 0 Å². The van der Waals surface area contributed by atoms with Crippen molar-refractivity contribution in [1.29, 1.82) is 0 Å². The van der Waals surface area contributed by atoms with Crippen LogP contribution in [0.25, 0.3) is 0 Å². The lowest BCUT2D eigenvalue weighted by Crippen LogP contribution is -2.39. The van der Waals surface area contributed by atoms with Gasteiger partial charge >= 0.3 is 0 Å². The Kier molecular flexibility index (Phi) is 6.05. The van der Waals surface area contributed by atoms with Gasteiger partial charge in [0.1, 0.15) is 0 Å². The van der Waals surface area contributed by atoms with E-state index < -0.39 is 0 Å². The van der Waals surface area contributed by atoms with Crippen LogP contribution < -0.4 is 5.73 Å². The quantitative estimate of drug-likeness (QED) is 0.636. The van der Waals surface area contributed by atoms with E-state index in [9.17, 15) is 0 Å². The zero-order valence-corrected chi connectivity index (χ0v) is 10.3. The minimum absolute atomic E-state index is 0.212. The number of nitrogens with zero attached hydrogens (tertiary/aromatic N) is 1. The SMILES string of the molecule is C=C(CC)CN(CC)CC(C)(C)CN. The van der Waals surface area contributed by atoms with Crippen molar-refractivity contribution >= 4 is 0 Å². The van der Waals surface area contributed by atoms with E-state index >= 15 is 0 Å². The van der Waals surface area contributed by atoms with Gasteiger partial charge in [-0.3, -0.25) is 4.90 Å². The first-order chi connectivity index (χ1) is 6.45. The molecular weight excluding hydrogens is 172 g/mol. The number of likely N-dealkylation sites (N-methyl/N-ethyl adjacent to an activating group) is 1. The van der Waals surface area contributed by atoms with Crippen LogP contribution in [0.3, 0.4) is 0 Å². The third-order valence-electron chi connectivity index (χ3n) is 2.60. The predicted octanol–water partition coefficient (Wildman–Crippen LogP) is 2.26. The van der Waals surface area contributed by atoms with Gasteiger partial charge in [-0.15, -0.1) is 0 Å². The Morgan fingerprint density at radius 2 is 1.93 bits per heavy atom. The molecule has 0 atom stereocenters. The monoisotopic (exact) mass is 198 g/mol. The zero-order valence-electron chi connectivity index (χ0n) is 10.3. The first kappa shape index (κ1) is 13.7. The molecule has 14 heavy (non-hydrogen) atoms. The second-order valence-electron chi connectivity index (χ2n) is 4.78. The highest BCUT2D eigenvalue weighted by atomic mass is 15.1. The molecule has 2 heteroatoms. The summed E-state index contributed by atoms with van der Waals surface area (Å²) in [6.45, 7) is 16.7. The van der Waals surface area contributed by atoms with Gasteiger partial charge in [0.25, 0.3) is 0 Å². The molecule has 0 radical (unpaired) electrons. The lowest BCUT2D eigenvalue weighted by molar-refractivity contribution is 0.202. The standard InChI is InChI=1S/C12H26N2/c1-6-11(3)8-14(7-2)10-12(4,5)9-13/h3,6-10,13H2,1-2,4-5H3. The van der Waals surface area contributed by atoms with E-state index in [1.54, 1.807) is 0 Å². The average Bonchev–Trinajstić information content (AvgIpc) is 2.16. The summed E-state index contributed by atoms with van der Waals surface area (Å²) >= 11 is 0. The van der Waals surface area contributed by atoms with Gasteiger partial charge in [0.2, 0.25) is 0 Å². The van der Waals surface area contributed by atoms with E-state index in [0.29, 0.717) is 0 Å². The fraction of sp³-hybridized carbons (Fsp3) is 0.833. The number of hydrogen-bond donors (Lipinski definition) is 1. The summed E-state index contributed by atoms with van der Waals surface area (Å²) in [7, 11) is 0. The third-order valence-corrected chi connectivity index (χ3v) is 2.60. The van der Waals surface area contributed by atoms with E-state index in [0.717, 1.165) is 32.6 Å². The van der Waals surface area contributed by atoms with Crippen LogP contribution in [-0.4, -0.2) is 31.1 Å². The van der Waals surface area contributed by atoms with Crippen molar-refractivity contribution < 1.29 is 0 Å². The van der Waals surface area contributed by atoms with Crippen LogP contribution in [0, 0.1) is 5.41 Å². The normalized spacial score (nSPS) is 12.1. The van der Waals surface area contributed by atoms with Crippen molar-refractivity contribution in [1.82, 2.24) is 4.90 Å². The largest absolute Gasteiger partial charge is 0.330 e. The van der Waals surface area contributed by atoms with Crippen LogP contribution in [0.15, 0.2) is 12.2 Å². The Bertz CT molecular complexity index is 173. The first-order valence-corrected chi connectivity index (χ1v) is 5.54. The Morgan fingerprint density at radius 3 is 2.29 bits per heavy atom. The molecule has 0 rings (SSSR count). The maximum atomic E-state index is 5.72. The molecule has 0 aromatic rings. The molecule has 0 saturated carbocycles. The minimum Gasteiger partial charge on any atom is -0.330 e. The summed E-state index contributed by atoms with van der Waals surface area (Å²) in [5, 5.41) is 0. The van der Waals surface area contributed by atoms with Gasteiger partial charge in [-0.05, 0) is 24.9 Å². The summed E-state index contributed by atoms with van der Waals surface area (Å²) in [6.07, 6.45) is 1.07. The van der Waals surface area contributed by atoms with E-state index in [2.05, 4.69) is 39.2 Å². The highest BCUT2D eigenvalue weighted by Gasteiger charge is 2.19. The van der Waals surface area contributed by atoms with Crippen LogP contribution in [0.1, 0.15) is 34.1 Å². The van der Waals surface area contributed by atoms with E-state index in [-0.39, 0.29) is 5.41 Å². The van der Waals surface area contributed by atoms with Crippen molar-refractivity contribution in [3.63, 3.8) is 0 Å². The molecule has 0 spiro atoms. The molecule has 0 aliphatic carbocycles. The maximum absolute atomic E-state index is 5.72.